The number of likely N-dealkylation sites (tertiary alicyclic amines) is 1. The molecule has 8 heteroatoms. The maximum Gasteiger partial charge on any atom is 0.249 e. The fraction of sp³-hybridized carbons (Fsp3) is 0.444. The van der Waals surface area contributed by atoms with E-state index < -0.39 is 5.54 Å². The van der Waals surface area contributed by atoms with Crippen LogP contribution in [0.25, 0.3) is 0 Å². The molecule has 1 aromatic carbocycles. The van der Waals surface area contributed by atoms with Crippen molar-refractivity contribution in [2.75, 3.05) is 32.5 Å². The van der Waals surface area contributed by atoms with Crippen molar-refractivity contribution < 1.29 is 9.59 Å². The van der Waals surface area contributed by atoms with Gasteiger partial charge in [-0.15, -0.1) is 5.10 Å². The lowest BCUT2D eigenvalue weighted by Crippen LogP contribution is -2.62. The highest BCUT2D eigenvalue weighted by Gasteiger charge is 2.44. The summed E-state index contributed by atoms with van der Waals surface area (Å²) in [6, 6.07) is 9.64. The number of hydrogen-bond donors (Lipinski definition) is 1. The summed E-state index contributed by atoms with van der Waals surface area (Å²) in [5.41, 5.74) is 0.0366. The topological polar surface area (TPSA) is 83.4 Å². The van der Waals surface area contributed by atoms with E-state index in [1.54, 1.807) is 36.3 Å². The Hall–Kier alpha value is -2.90. The number of benzene rings is 1. The van der Waals surface area contributed by atoms with Gasteiger partial charge in [-0.25, -0.2) is 4.68 Å². The molecule has 2 aromatic rings. The van der Waals surface area contributed by atoms with E-state index >= 15 is 0 Å². The first-order chi connectivity index (χ1) is 12.5. The Bertz CT molecular complexity index is 746. The van der Waals surface area contributed by atoms with Crippen LogP contribution >= 0.6 is 0 Å². The van der Waals surface area contributed by atoms with Crippen molar-refractivity contribution in [2.45, 2.75) is 24.9 Å². The van der Waals surface area contributed by atoms with E-state index in [9.17, 15) is 9.59 Å². The zero-order valence-corrected chi connectivity index (χ0v) is 15.1. The third-order valence-corrected chi connectivity index (χ3v) is 4.59. The number of para-hydroxylation sites is 1. The number of aromatic nitrogens is 3. The molecule has 1 aliphatic heterocycles. The quantitative estimate of drug-likeness (QED) is 0.858. The largest absolute Gasteiger partial charge is 0.370 e. The lowest BCUT2D eigenvalue weighted by molar-refractivity contribution is -0.140. The second kappa shape index (κ2) is 7.55. The fourth-order valence-electron chi connectivity index (χ4n) is 3.38. The zero-order valence-electron chi connectivity index (χ0n) is 15.1. The van der Waals surface area contributed by atoms with Crippen molar-refractivity contribution in [2.24, 2.45) is 0 Å². The van der Waals surface area contributed by atoms with Crippen LogP contribution < -0.4 is 5.32 Å². The van der Waals surface area contributed by atoms with Crippen LogP contribution in [0.2, 0.25) is 0 Å². The van der Waals surface area contributed by atoms with Crippen LogP contribution in [0.15, 0.2) is 42.7 Å². The molecule has 1 unspecified atom stereocenters. The Morgan fingerprint density at radius 3 is 2.69 bits per heavy atom. The molecule has 0 aliphatic carbocycles. The number of piperidine rings is 1. The van der Waals surface area contributed by atoms with Crippen LogP contribution in [0.5, 0.6) is 0 Å². The van der Waals surface area contributed by atoms with Crippen LogP contribution in [-0.2, 0) is 16.1 Å². The molecule has 1 aliphatic rings. The van der Waals surface area contributed by atoms with Crippen molar-refractivity contribution in [1.82, 2.24) is 24.8 Å². The van der Waals surface area contributed by atoms with Crippen molar-refractivity contribution in [1.29, 1.82) is 0 Å². The molecule has 2 heterocycles. The molecular formula is C18H24N6O2. The van der Waals surface area contributed by atoms with Crippen LogP contribution in [0.4, 0.5) is 5.69 Å². The van der Waals surface area contributed by atoms with Gasteiger partial charge in [-0.3, -0.25) is 9.59 Å². The van der Waals surface area contributed by atoms with Gasteiger partial charge in [-0.1, -0.05) is 23.4 Å². The average molecular weight is 356 g/mol. The monoisotopic (exact) mass is 356 g/mol. The van der Waals surface area contributed by atoms with Gasteiger partial charge in [-0.2, -0.15) is 0 Å². The smallest absolute Gasteiger partial charge is 0.249 e. The third kappa shape index (κ3) is 3.84. The summed E-state index contributed by atoms with van der Waals surface area (Å²) in [6.07, 6.45) is 4.62. The first-order valence-electron chi connectivity index (χ1n) is 8.67. The Kier molecular flexibility index (Phi) is 5.20. The van der Waals surface area contributed by atoms with E-state index in [4.69, 9.17) is 0 Å². The number of nitrogens with zero attached hydrogens (tertiary/aromatic N) is 5. The minimum atomic E-state index is -0.832. The molecule has 1 N–H and O–H groups in total. The van der Waals surface area contributed by atoms with Crippen LogP contribution in [-0.4, -0.2) is 69.3 Å². The number of likely N-dealkylation sites (N-methyl/N-ethyl adjacent to an activating group) is 1. The maximum atomic E-state index is 13.0. The molecule has 26 heavy (non-hydrogen) atoms. The summed E-state index contributed by atoms with van der Waals surface area (Å²) in [5, 5.41) is 11.0. The van der Waals surface area contributed by atoms with Gasteiger partial charge in [-0.05, 0) is 25.0 Å². The summed E-state index contributed by atoms with van der Waals surface area (Å²) in [6.45, 7) is 1.08. The molecule has 0 radical (unpaired) electrons. The standard InChI is InChI=1S/C18H24N6O2/c1-22(2)17(26)18(20-15-7-4-3-5-8-15)9-6-11-23(14-18)16(25)13-24-12-10-19-21-24/h3-5,7-8,10,12,20H,6,9,11,13-14H2,1-2H3. The fourth-order valence-corrected chi connectivity index (χ4v) is 3.38. The predicted molar refractivity (Wildman–Crippen MR) is 97.3 cm³/mol. The highest BCUT2D eigenvalue weighted by molar-refractivity contribution is 5.90. The van der Waals surface area contributed by atoms with Gasteiger partial charge in [0.15, 0.2) is 0 Å². The van der Waals surface area contributed by atoms with Crippen LogP contribution in [0, 0.1) is 0 Å². The number of carbonyl (C=O) groups is 2. The summed E-state index contributed by atoms with van der Waals surface area (Å²) < 4.78 is 1.50. The zero-order chi connectivity index (χ0) is 18.6. The molecular weight excluding hydrogens is 332 g/mol. The summed E-state index contributed by atoms with van der Waals surface area (Å²) in [4.78, 5) is 29.0. The van der Waals surface area contributed by atoms with Gasteiger partial charge in [0.25, 0.3) is 0 Å². The minimum absolute atomic E-state index is 0.0281. The summed E-state index contributed by atoms with van der Waals surface area (Å²) in [7, 11) is 3.49. The molecule has 1 saturated heterocycles. The van der Waals surface area contributed by atoms with Gasteiger partial charge in [0.1, 0.15) is 12.1 Å². The molecule has 2 amide bonds. The SMILES string of the molecule is CN(C)C(=O)C1(Nc2ccccc2)CCCN(C(=O)Cn2ccnn2)C1. The number of nitrogens with one attached hydrogen (secondary N) is 1. The van der Waals surface area contributed by atoms with Crippen molar-refractivity contribution in [3.8, 4) is 0 Å². The molecule has 1 atom stereocenters. The normalized spacial score (nSPS) is 19.8. The minimum Gasteiger partial charge on any atom is -0.370 e. The second-order valence-electron chi connectivity index (χ2n) is 6.79. The van der Waals surface area contributed by atoms with Gasteiger partial charge < -0.3 is 15.1 Å². The molecule has 1 fully saturated rings. The van der Waals surface area contributed by atoms with Gasteiger partial charge in [0.05, 0.1) is 12.7 Å². The molecule has 0 bridgehead atoms. The van der Waals surface area contributed by atoms with E-state index in [2.05, 4.69) is 15.6 Å². The average Bonchev–Trinajstić information content (AvgIpc) is 3.15. The Morgan fingerprint density at radius 1 is 1.27 bits per heavy atom. The van der Waals surface area contributed by atoms with Crippen LogP contribution in [0.3, 0.4) is 0 Å². The van der Waals surface area contributed by atoms with Gasteiger partial charge >= 0.3 is 0 Å². The first-order valence-corrected chi connectivity index (χ1v) is 8.67. The lowest BCUT2D eigenvalue weighted by Gasteiger charge is -2.43. The number of rotatable bonds is 5. The first kappa shape index (κ1) is 17.9. The lowest BCUT2D eigenvalue weighted by atomic mass is 9.87. The van der Waals surface area contributed by atoms with Crippen molar-refractivity contribution in [3.63, 3.8) is 0 Å². The number of carbonyl (C=O) groups excluding carboxylic acids is 2. The molecule has 8 nitrogen and oxygen atoms in total. The molecule has 3 rings (SSSR count). The van der Waals surface area contributed by atoms with E-state index in [1.165, 1.54) is 4.68 Å². The predicted octanol–water partition coefficient (Wildman–Crippen LogP) is 0.840. The Labute approximate surface area is 152 Å². The molecule has 0 spiro atoms. The maximum absolute atomic E-state index is 13.0. The Balaban J connectivity index is 1.81. The Morgan fingerprint density at radius 2 is 2.04 bits per heavy atom. The van der Waals surface area contributed by atoms with Gasteiger partial charge in [0, 0.05) is 32.5 Å². The van der Waals surface area contributed by atoms with Crippen molar-refractivity contribution in [3.05, 3.63) is 42.7 Å². The highest BCUT2D eigenvalue weighted by atomic mass is 16.2. The number of amides is 2. The van der Waals surface area contributed by atoms with Crippen LogP contribution in [0.1, 0.15) is 12.8 Å². The van der Waals surface area contributed by atoms with E-state index in [0.717, 1.165) is 12.1 Å². The number of hydrogen-bond acceptors (Lipinski definition) is 5. The second-order valence-corrected chi connectivity index (χ2v) is 6.79. The molecule has 138 valence electrons. The van der Waals surface area contributed by atoms with E-state index in [0.29, 0.717) is 19.5 Å². The molecule has 1 aromatic heterocycles. The summed E-state index contributed by atoms with van der Waals surface area (Å²) in [5.74, 6) is -0.0967. The van der Waals surface area contributed by atoms with Crippen molar-refractivity contribution >= 4 is 17.5 Å². The highest BCUT2D eigenvalue weighted by Crippen LogP contribution is 2.28. The van der Waals surface area contributed by atoms with E-state index in [1.807, 2.05) is 30.3 Å². The number of anilines is 1. The summed E-state index contributed by atoms with van der Waals surface area (Å²) >= 11 is 0. The van der Waals surface area contributed by atoms with E-state index in [-0.39, 0.29) is 18.4 Å². The third-order valence-electron chi connectivity index (χ3n) is 4.59. The molecule has 0 saturated carbocycles. The van der Waals surface area contributed by atoms with Gasteiger partial charge in [0.2, 0.25) is 11.8 Å².